The molecular weight excluding hydrogens is 340 g/mol. The SMILES string of the molecule is CC(C)=CCC/C(C)=C/CC[C@@]1(C)C=Cc2c(O)cc(C=O)c(C=O)c2O1. The second-order valence-corrected chi connectivity index (χ2v) is 7.53. The number of benzene rings is 1. The molecule has 27 heavy (non-hydrogen) atoms. The number of fused-ring (bicyclic) bond motifs is 1. The Morgan fingerprint density at radius 2 is 1.89 bits per heavy atom. The number of rotatable bonds is 8. The van der Waals surface area contributed by atoms with E-state index >= 15 is 0 Å². The van der Waals surface area contributed by atoms with Crippen LogP contribution in [0.2, 0.25) is 0 Å². The Morgan fingerprint density at radius 3 is 2.52 bits per heavy atom. The lowest BCUT2D eigenvalue weighted by atomic mass is 9.92. The van der Waals surface area contributed by atoms with Gasteiger partial charge >= 0.3 is 0 Å². The van der Waals surface area contributed by atoms with E-state index in [1.807, 2.05) is 13.0 Å². The molecule has 0 unspecified atom stereocenters. The molecule has 1 aromatic carbocycles. The van der Waals surface area contributed by atoms with Crippen molar-refractivity contribution >= 4 is 18.6 Å². The van der Waals surface area contributed by atoms with Crippen molar-refractivity contribution < 1.29 is 19.4 Å². The summed E-state index contributed by atoms with van der Waals surface area (Å²) in [5.41, 5.74) is 2.82. The van der Waals surface area contributed by atoms with Gasteiger partial charge in [-0.1, -0.05) is 23.3 Å². The van der Waals surface area contributed by atoms with Crippen LogP contribution in [0.1, 0.15) is 79.7 Å². The third-order valence-electron chi connectivity index (χ3n) is 4.78. The largest absolute Gasteiger partial charge is 0.507 e. The van der Waals surface area contributed by atoms with Gasteiger partial charge in [0.15, 0.2) is 12.6 Å². The molecular formula is C23H28O4. The fourth-order valence-electron chi connectivity index (χ4n) is 3.14. The van der Waals surface area contributed by atoms with Crippen LogP contribution < -0.4 is 4.74 Å². The van der Waals surface area contributed by atoms with Crippen LogP contribution in [0, 0.1) is 0 Å². The molecule has 144 valence electrons. The van der Waals surface area contributed by atoms with E-state index in [4.69, 9.17) is 4.74 Å². The molecule has 1 aromatic rings. The Kier molecular flexibility index (Phi) is 6.78. The summed E-state index contributed by atoms with van der Waals surface area (Å²) in [6.07, 6.45) is 12.9. The average Bonchev–Trinajstić information content (AvgIpc) is 2.60. The van der Waals surface area contributed by atoms with Crippen molar-refractivity contribution in [2.24, 2.45) is 0 Å². The first kappa shape index (κ1) is 20.7. The summed E-state index contributed by atoms with van der Waals surface area (Å²) in [6, 6.07) is 1.30. The Labute approximate surface area is 161 Å². The maximum Gasteiger partial charge on any atom is 0.154 e. The van der Waals surface area contributed by atoms with E-state index < -0.39 is 5.60 Å². The average molecular weight is 368 g/mol. The first-order chi connectivity index (χ1) is 12.8. The Bertz CT molecular complexity index is 810. The summed E-state index contributed by atoms with van der Waals surface area (Å²) in [5.74, 6) is 0.215. The van der Waals surface area contributed by atoms with Gasteiger partial charge in [0.05, 0.1) is 11.1 Å². The van der Waals surface area contributed by atoms with E-state index in [1.54, 1.807) is 6.08 Å². The van der Waals surface area contributed by atoms with Gasteiger partial charge in [0.2, 0.25) is 0 Å². The molecule has 1 N–H and O–H groups in total. The number of allylic oxidation sites excluding steroid dienone is 4. The van der Waals surface area contributed by atoms with Gasteiger partial charge in [0, 0.05) is 5.56 Å². The number of hydrogen-bond donors (Lipinski definition) is 1. The summed E-state index contributed by atoms with van der Waals surface area (Å²) >= 11 is 0. The predicted molar refractivity (Wildman–Crippen MR) is 109 cm³/mol. The number of aromatic hydroxyl groups is 1. The van der Waals surface area contributed by atoms with Crippen molar-refractivity contribution in [3.05, 3.63) is 52.1 Å². The first-order valence-corrected chi connectivity index (χ1v) is 9.27. The molecule has 0 amide bonds. The van der Waals surface area contributed by atoms with Gasteiger partial charge in [0.1, 0.15) is 17.1 Å². The Balaban J connectivity index is 2.12. The lowest BCUT2D eigenvalue weighted by Gasteiger charge is -2.32. The number of phenolic OH excluding ortho intramolecular Hbond substituents is 1. The highest BCUT2D eigenvalue weighted by Crippen LogP contribution is 2.41. The van der Waals surface area contributed by atoms with Gasteiger partial charge in [-0.15, -0.1) is 0 Å². The molecule has 0 spiro atoms. The molecule has 1 atom stereocenters. The summed E-state index contributed by atoms with van der Waals surface area (Å²) in [5, 5.41) is 10.1. The molecule has 1 aliphatic rings. The molecule has 1 aliphatic heterocycles. The van der Waals surface area contributed by atoms with Crippen LogP contribution in [-0.2, 0) is 0 Å². The van der Waals surface area contributed by atoms with Crippen LogP contribution in [0.5, 0.6) is 11.5 Å². The minimum Gasteiger partial charge on any atom is -0.507 e. The zero-order valence-corrected chi connectivity index (χ0v) is 16.5. The third-order valence-corrected chi connectivity index (χ3v) is 4.78. The van der Waals surface area contributed by atoms with Gasteiger partial charge in [-0.2, -0.15) is 0 Å². The van der Waals surface area contributed by atoms with Crippen LogP contribution in [0.3, 0.4) is 0 Å². The second-order valence-electron chi connectivity index (χ2n) is 7.53. The number of carbonyl (C=O) groups excluding carboxylic acids is 2. The first-order valence-electron chi connectivity index (χ1n) is 9.27. The third kappa shape index (κ3) is 5.19. The minimum atomic E-state index is -0.602. The summed E-state index contributed by atoms with van der Waals surface area (Å²) < 4.78 is 6.08. The zero-order valence-electron chi connectivity index (χ0n) is 16.5. The van der Waals surface area contributed by atoms with Gasteiger partial charge in [0.25, 0.3) is 0 Å². The standard InChI is InChI=1S/C23H28O4/c1-16(2)7-5-8-17(3)9-6-11-23(4)12-10-19-21(26)13-18(14-24)20(15-25)22(19)27-23/h7,9-10,12-15,26H,5-6,8,11H2,1-4H3/b17-9+/t23-/m0/s1. The van der Waals surface area contributed by atoms with Crippen molar-refractivity contribution in [1.82, 2.24) is 0 Å². The molecule has 0 aliphatic carbocycles. The quantitative estimate of drug-likeness (QED) is 0.475. The Morgan fingerprint density at radius 1 is 1.15 bits per heavy atom. The number of phenols is 1. The molecule has 0 fully saturated rings. The Hall–Kier alpha value is -2.62. The summed E-state index contributed by atoms with van der Waals surface area (Å²) in [7, 11) is 0. The summed E-state index contributed by atoms with van der Waals surface area (Å²) in [6.45, 7) is 8.28. The summed E-state index contributed by atoms with van der Waals surface area (Å²) in [4.78, 5) is 22.7. The second kappa shape index (κ2) is 8.85. The fourth-order valence-corrected chi connectivity index (χ4v) is 3.14. The van der Waals surface area contributed by atoms with Gasteiger partial charge in [-0.3, -0.25) is 9.59 Å². The van der Waals surface area contributed by atoms with E-state index in [0.29, 0.717) is 18.1 Å². The molecule has 0 radical (unpaired) electrons. The topological polar surface area (TPSA) is 63.6 Å². The van der Waals surface area contributed by atoms with Crippen LogP contribution in [-0.4, -0.2) is 23.3 Å². The zero-order chi connectivity index (χ0) is 20.0. The number of ether oxygens (including phenoxy) is 1. The van der Waals surface area contributed by atoms with Gasteiger partial charge in [-0.25, -0.2) is 0 Å². The lowest BCUT2D eigenvalue weighted by molar-refractivity contribution is 0.106. The smallest absolute Gasteiger partial charge is 0.154 e. The van der Waals surface area contributed by atoms with Crippen molar-refractivity contribution in [1.29, 1.82) is 0 Å². The van der Waals surface area contributed by atoms with Crippen LogP contribution in [0.4, 0.5) is 0 Å². The molecule has 2 rings (SSSR count). The molecule has 0 bridgehead atoms. The van der Waals surface area contributed by atoms with E-state index in [1.165, 1.54) is 17.2 Å². The molecule has 4 nitrogen and oxygen atoms in total. The number of hydrogen-bond acceptors (Lipinski definition) is 4. The maximum absolute atomic E-state index is 11.5. The van der Waals surface area contributed by atoms with Crippen LogP contribution >= 0.6 is 0 Å². The van der Waals surface area contributed by atoms with Crippen molar-refractivity contribution in [2.45, 2.75) is 59.0 Å². The number of aldehydes is 2. The molecule has 0 saturated carbocycles. The van der Waals surface area contributed by atoms with Crippen LogP contribution in [0.25, 0.3) is 6.08 Å². The predicted octanol–water partition coefficient (Wildman–Crippen LogP) is 5.65. The van der Waals surface area contributed by atoms with E-state index in [9.17, 15) is 14.7 Å². The highest BCUT2D eigenvalue weighted by atomic mass is 16.5. The van der Waals surface area contributed by atoms with E-state index in [2.05, 4.69) is 32.9 Å². The highest BCUT2D eigenvalue weighted by molar-refractivity contribution is 5.96. The maximum atomic E-state index is 11.5. The highest BCUT2D eigenvalue weighted by Gasteiger charge is 2.30. The van der Waals surface area contributed by atoms with E-state index in [-0.39, 0.29) is 22.6 Å². The normalized spacial score (nSPS) is 18.4. The molecule has 4 heteroatoms. The van der Waals surface area contributed by atoms with E-state index in [0.717, 1.165) is 25.7 Å². The molecule has 1 heterocycles. The van der Waals surface area contributed by atoms with Crippen molar-refractivity contribution in [2.75, 3.05) is 0 Å². The fraction of sp³-hybridized carbons (Fsp3) is 0.391. The van der Waals surface area contributed by atoms with Crippen LogP contribution in [0.15, 0.2) is 35.4 Å². The number of carbonyl (C=O) groups is 2. The van der Waals surface area contributed by atoms with Crippen molar-refractivity contribution in [3.63, 3.8) is 0 Å². The molecule has 0 saturated heterocycles. The van der Waals surface area contributed by atoms with Gasteiger partial charge in [-0.05, 0) is 71.6 Å². The van der Waals surface area contributed by atoms with Crippen molar-refractivity contribution in [3.8, 4) is 11.5 Å². The lowest BCUT2D eigenvalue weighted by Crippen LogP contribution is -2.32. The van der Waals surface area contributed by atoms with Gasteiger partial charge < -0.3 is 9.84 Å². The molecule has 0 aromatic heterocycles. The monoisotopic (exact) mass is 368 g/mol. The minimum absolute atomic E-state index is 0.0639.